The van der Waals surface area contributed by atoms with Crippen molar-refractivity contribution < 1.29 is 32.3 Å². The highest BCUT2D eigenvalue weighted by Crippen LogP contribution is 2.32. The first-order chi connectivity index (χ1) is 16.7. The standard InChI is InChI=1S/C22H19F3N6O4/c23-12-1-2-17-15(5-12)28-9-18(35-17)21(34)30-16-8-27-4-3-14(16)20(33)29-10-19(32)31-11-22(24,25)6-13(31)7-26/h1-5,8,13,18,28H,6,9-11H2,(H,29,33)(H,30,34). The van der Waals surface area contributed by atoms with E-state index in [0.717, 1.165) is 4.90 Å². The van der Waals surface area contributed by atoms with Gasteiger partial charge in [0, 0.05) is 18.7 Å². The minimum atomic E-state index is -3.17. The number of hydrogen-bond donors (Lipinski definition) is 3. The van der Waals surface area contributed by atoms with Gasteiger partial charge in [0.1, 0.15) is 17.6 Å². The molecule has 2 aliphatic heterocycles. The average molecular weight is 488 g/mol. The molecule has 4 rings (SSSR count). The van der Waals surface area contributed by atoms with Gasteiger partial charge in [0.2, 0.25) is 5.91 Å². The third-order valence-corrected chi connectivity index (χ3v) is 5.44. The molecule has 13 heteroatoms. The van der Waals surface area contributed by atoms with Gasteiger partial charge >= 0.3 is 0 Å². The molecule has 3 amide bonds. The second-order valence-corrected chi connectivity index (χ2v) is 7.95. The summed E-state index contributed by atoms with van der Waals surface area (Å²) in [6.07, 6.45) is 0.760. The van der Waals surface area contributed by atoms with Crippen molar-refractivity contribution in [1.82, 2.24) is 15.2 Å². The van der Waals surface area contributed by atoms with Crippen LogP contribution >= 0.6 is 0 Å². The summed E-state index contributed by atoms with van der Waals surface area (Å²) in [4.78, 5) is 42.3. The van der Waals surface area contributed by atoms with Crippen LogP contribution in [0.3, 0.4) is 0 Å². The molecule has 0 aliphatic carbocycles. The number of nitrogens with one attached hydrogen (secondary N) is 3. The zero-order valence-corrected chi connectivity index (χ0v) is 18.1. The first-order valence-corrected chi connectivity index (χ1v) is 10.5. The summed E-state index contributed by atoms with van der Waals surface area (Å²) < 4.78 is 46.1. The molecular formula is C22H19F3N6O4. The Balaban J connectivity index is 1.38. The number of likely N-dealkylation sites (tertiary alicyclic amines) is 1. The van der Waals surface area contributed by atoms with Crippen molar-refractivity contribution in [3.8, 4) is 11.8 Å². The molecule has 1 fully saturated rings. The minimum Gasteiger partial charge on any atom is -0.477 e. The topological polar surface area (TPSA) is 136 Å². The zero-order valence-electron chi connectivity index (χ0n) is 18.1. The Morgan fingerprint density at radius 3 is 2.89 bits per heavy atom. The fourth-order valence-corrected chi connectivity index (χ4v) is 3.74. The summed E-state index contributed by atoms with van der Waals surface area (Å²) in [7, 11) is 0. The van der Waals surface area contributed by atoms with E-state index in [1.165, 1.54) is 36.7 Å². The Labute approximate surface area is 197 Å². The number of fused-ring (bicyclic) bond motifs is 1. The van der Waals surface area contributed by atoms with Crippen molar-refractivity contribution in [3.63, 3.8) is 0 Å². The minimum absolute atomic E-state index is 0.0264. The number of halogens is 3. The van der Waals surface area contributed by atoms with Crippen LogP contribution in [0.25, 0.3) is 0 Å². The number of aromatic nitrogens is 1. The van der Waals surface area contributed by atoms with Gasteiger partial charge in [-0.3, -0.25) is 19.4 Å². The van der Waals surface area contributed by atoms with E-state index in [0.29, 0.717) is 5.69 Å². The Morgan fingerprint density at radius 1 is 1.31 bits per heavy atom. The number of benzene rings is 1. The summed E-state index contributed by atoms with van der Waals surface area (Å²) in [5, 5.41) is 16.8. The molecule has 3 heterocycles. The number of hydrogen-bond acceptors (Lipinski definition) is 7. The van der Waals surface area contributed by atoms with Crippen LogP contribution in [-0.2, 0) is 9.59 Å². The maximum absolute atomic E-state index is 13.6. The largest absolute Gasteiger partial charge is 0.477 e. The normalized spacial score (nSPS) is 20.0. The maximum Gasteiger partial charge on any atom is 0.268 e. The molecule has 1 aromatic carbocycles. The van der Waals surface area contributed by atoms with Crippen LogP contribution < -0.4 is 20.7 Å². The van der Waals surface area contributed by atoms with Crippen molar-refractivity contribution in [2.75, 3.05) is 30.3 Å². The molecule has 2 aromatic rings. The quantitative estimate of drug-likeness (QED) is 0.581. The van der Waals surface area contributed by atoms with E-state index in [1.807, 2.05) is 0 Å². The molecule has 0 saturated carbocycles. The molecular weight excluding hydrogens is 469 g/mol. The van der Waals surface area contributed by atoms with E-state index < -0.39 is 61.1 Å². The third kappa shape index (κ3) is 5.26. The van der Waals surface area contributed by atoms with Gasteiger partial charge in [-0.25, -0.2) is 13.2 Å². The highest BCUT2D eigenvalue weighted by Gasteiger charge is 2.47. The van der Waals surface area contributed by atoms with Crippen LogP contribution in [0.2, 0.25) is 0 Å². The summed E-state index contributed by atoms with van der Waals surface area (Å²) in [5.74, 6) is -5.57. The molecule has 0 spiro atoms. The lowest BCUT2D eigenvalue weighted by molar-refractivity contribution is -0.131. The van der Waals surface area contributed by atoms with Crippen LogP contribution in [0.1, 0.15) is 16.8 Å². The summed E-state index contributed by atoms with van der Waals surface area (Å²) >= 11 is 0. The molecule has 2 unspecified atom stereocenters. The number of nitriles is 1. The molecule has 3 N–H and O–H groups in total. The lowest BCUT2D eigenvalue weighted by Gasteiger charge is -2.26. The fourth-order valence-electron chi connectivity index (χ4n) is 3.74. The molecule has 2 atom stereocenters. The van der Waals surface area contributed by atoms with Gasteiger partial charge in [-0.1, -0.05) is 0 Å². The van der Waals surface area contributed by atoms with Crippen LogP contribution in [0.4, 0.5) is 24.5 Å². The second-order valence-electron chi connectivity index (χ2n) is 7.95. The Hall–Kier alpha value is -4.34. The lowest BCUT2D eigenvalue weighted by atomic mass is 10.2. The highest BCUT2D eigenvalue weighted by atomic mass is 19.3. The summed E-state index contributed by atoms with van der Waals surface area (Å²) in [6.45, 7) is -1.48. The maximum atomic E-state index is 13.6. The lowest BCUT2D eigenvalue weighted by Crippen LogP contribution is -2.43. The van der Waals surface area contributed by atoms with Gasteiger partial charge in [-0.15, -0.1) is 0 Å². The van der Waals surface area contributed by atoms with Crippen molar-refractivity contribution in [2.24, 2.45) is 0 Å². The molecule has 0 radical (unpaired) electrons. The van der Waals surface area contributed by atoms with Crippen molar-refractivity contribution in [1.29, 1.82) is 5.26 Å². The van der Waals surface area contributed by atoms with Gasteiger partial charge < -0.3 is 25.6 Å². The monoisotopic (exact) mass is 488 g/mol. The van der Waals surface area contributed by atoms with E-state index >= 15 is 0 Å². The number of amides is 3. The van der Waals surface area contributed by atoms with Gasteiger partial charge in [0.25, 0.3) is 17.7 Å². The molecule has 1 saturated heterocycles. The van der Waals surface area contributed by atoms with E-state index in [1.54, 1.807) is 6.07 Å². The summed E-state index contributed by atoms with van der Waals surface area (Å²) in [5.41, 5.74) is 0.393. The summed E-state index contributed by atoms with van der Waals surface area (Å²) in [6, 6.07) is 5.48. The molecule has 35 heavy (non-hydrogen) atoms. The molecule has 10 nitrogen and oxygen atoms in total. The van der Waals surface area contributed by atoms with Gasteiger partial charge in [-0.2, -0.15) is 5.26 Å². The number of nitrogens with zero attached hydrogens (tertiary/aromatic N) is 3. The predicted octanol–water partition coefficient (Wildman–Crippen LogP) is 1.52. The number of ether oxygens (including phenoxy) is 1. The van der Waals surface area contributed by atoms with Crippen LogP contribution in [0.15, 0.2) is 36.7 Å². The SMILES string of the molecule is N#CC1CC(F)(F)CN1C(=O)CNC(=O)c1ccncc1NC(=O)C1CNc2cc(F)ccc2O1. The van der Waals surface area contributed by atoms with Gasteiger partial charge in [-0.05, 0) is 18.2 Å². The highest BCUT2D eigenvalue weighted by molar-refractivity contribution is 6.05. The molecule has 0 bridgehead atoms. The number of carbonyl (C=O) groups excluding carboxylic acids is 3. The van der Waals surface area contributed by atoms with Crippen molar-refractivity contribution >= 4 is 29.1 Å². The number of alkyl halides is 2. The zero-order chi connectivity index (χ0) is 25.2. The van der Waals surface area contributed by atoms with Crippen molar-refractivity contribution in [2.45, 2.75) is 24.5 Å². The Kier molecular flexibility index (Phi) is 6.46. The molecule has 1 aromatic heterocycles. The first-order valence-electron chi connectivity index (χ1n) is 10.5. The third-order valence-electron chi connectivity index (χ3n) is 5.44. The Bertz CT molecular complexity index is 1220. The van der Waals surface area contributed by atoms with E-state index in [2.05, 4.69) is 20.9 Å². The number of pyridine rings is 1. The second kappa shape index (κ2) is 9.49. The van der Waals surface area contributed by atoms with Crippen LogP contribution in [0.5, 0.6) is 5.75 Å². The molecule has 2 aliphatic rings. The Morgan fingerprint density at radius 2 is 2.11 bits per heavy atom. The molecule has 182 valence electrons. The van der Waals surface area contributed by atoms with E-state index in [4.69, 9.17) is 10.00 Å². The first kappa shape index (κ1) is 23.8. The van der Waals surface area contributed by atoms with Crippen LogP contribution in [-0.4, -0.2) is 65.3 Å². The van der Waals surface area contributed by atoms with Gasteiger partial charge in [0.05, 0.1) is 48.8 Å². The number of carbonyl (C=O) groups is 3. The fraction of sp³-hybridized carbons (Fsp3) is 0.318. The van der Waals surface area contributed by atoms with Crippen LogP contribution in [0, 0.1) is 17.1 Å². The smallest absolute Gasteiger partial charge is 0.268 e. The van der Waals surface area contributed by atoms with E-state index in [-0.39, 0.29) is 23.5 Å². The van der Waals surface area contributed by atoms with Gasteiger partial charge in [0.15, 0.2) is 6.10 Å². The number of rotatable bonds is 5. The number of anilines is 2. The predicted molar refractivity (Wildman–Crippen MR) is 115 cm³/mol. The van der Waals surface area contributed by atoms with E-state index in [9.17, 15) is 27.6 Å². The van der Waals surface area contributed by atoms with Crippen molar-refractivity contribution in [3.05, 3.63) is 48.0 Å². The average Bonchev–Trinajstić information content (AvgIpc) is 3.17.